The van der Waals surface area contributed by atoms with E-state index in [9.17, 15) is 9.59 Å². The van der Waals surface area contributed by atoms with Gasteiger partial charge in [0, 0.05) is 6.04 Å². The van der Waals surface area contributed by atoms with E-state index >= 15 is 0 Å². The fourth-order valence-electron chi connectivity index (χ4n) is 3.18. The summed E-state index contributed by atoms with van der Waals surface area (Å²) in [4.78, 5) is 22.7. The molecule has 4 atom stereocenters. The molecule has 0 saturated heterocycles. The van der Waals surface area contributed by atoms with Crippen molar-refractivity contribution in [1.82, 2.24) is 5.32 Å². The first kappa shape index (κ1) is 13.4. The minimum Gasteiger partial charge on any atom is -0.481 e. The first-order valence-electron chi connectivity index (χ1n) is 7.04. The lowest BCUT2D eigenvalue weighted by molar-refractivity contribution is -0.140. The van der Waals surface area contributed by atoms with Crippen LogP contribution in [-0.4, -0.2) is 23.0 Å². The number of carboxylic acids is 1. The number of aliphatic carboxylic acids is 1. The van der Waals surface area contributed by atoms with Crippen LogP contribution in [0.3, 0.4) is 0 Å². The van der Waals surface area contributed by atoms with Crippen LogP contribution < -0.4 is 5.32 Å². The molecule has 0 bridgehead atoms. The summed E-state index contributed by atoms with van der Waals surface area (Å²) in [6.45, 7) is 4.40. The molecule has 2 aliphatic rings. The van der Waals surface area contributed by atoms with Crippen LogP contribution in [0.25, 0.3) is 0 Å². The minimum atomic E-state index is -0.834. The number of carbonyl (C=O) groups is 2. The van der Waals surface area contributed by atoms with Gasteiger partial charge in [-0.1, -0.05) is 26.7 Å². The van der Waals surface area contributed by atoms with Crippen LogP contribution in [0, 0.1) is 23.7 Å². The molecule has 4 nitrogen and oxygen atoms in total. The lowest BCUT2D eigenvalue weighted by atomic mass is 9.78. The van der Waals surface area contributed by atoms with Gasteiger partial charge in [0.15, 0.2) is 0 Å². The molecule has 2 aliphatic carbocycles. The van der Waals surface area contributed by atoms with Gasteiger partial charge >= 0.3 is 5.97 Å². The van der Waals surface area contributed by atoms with Crippen LogP contribution in [0.2, 0.25) is 0 Å². The zero-order valence-corrected chi connectivity index (χ0v) is 11.2. The van der Waals surface area contributed by atoms with Crippen molar-refractivity contribution in [3.05, 3.63) is 0 Å². The van der Waals surface area contributed by atoms with Gasteiger partial charge in [-0.3, -0.25) is 9.59 Å². The molecule has 0 aromatic carbocycles. The Morgan fingerprint density at radius 1 is 1.17 bits per heavy atom. The van der Waals surface area contributed by atoms with Crippen molar-refractivity contribution in [2.45, 2.75) is 52.0 Å². The fraction of sp³-hybridized carbons (Fsp3) is 0.857. The van der Waals surface area contributed by atoms with Crippen molar-refractivity contribution < 1.29 is 14.7 Å². The Bertz CT molecular complexity index is 340. The quantitative estimate of drug-likeness (QED) is 0.805. The number of hydrogen-bond donors (Lipinski definition) is 2. The van der Waals surface area contributed by atoms with Gasteiger partial charge in [0.1, 0.15) is 0 Å². The van der Waals surface area contributed by atoms with Crippen LogP contribution >= 0.6 is 0 Å². The van der Waals surface area contributed by atoms with Crippen LogP contribution in [0.5, 0.6) is 0 Å². The standard InChI is InChI=1S/C14H23NO3/c1-8(2)9-5-3-4-6-12(9)15-13(16)10-7-11(10)14(17)18/h8-12H,3-7H2,1-2H3,(H,15,16)(H,17,18)/t9?,10-,11+,12?/m1/s1. The molecule has 2 N–H and O–H groups in total. The zero-order chi connectivity index (χ0) is 13.3. The van der Waals surface area contributed by atoms with Gasteiger partial charge in [-0.15, -0.1) is 0 Å². The summed E-state index contributed by atoms with van der Waals surface area (Å²) < 4.78 is 0. The van der Waals surface area contributed by atoms with E-state index in [2.05, 4.69) is 19.2 Å². The molecule has 2 unspecified atom stereocenters. The van der Waals surface area contributed by atoms with E-state index in [1.54, 1.807) is 0 Å². The van der Waals surface area contributed by atoms with Gasteiger partial charge in [0.2, 0.25) is 5.91 Å². The summed E-state index contributed by atoms with van der Waals surface area (Å²) in [7, 11) is 0. The third-order valence-corrected chi connectivity index (χ3v) is 4.45. The number of carboxylic acid groups (broad SMARTS) is 1. The Kier molecular flexibility index (Phi) is 3.93. The van der Waals surface area contributed by atoms with E-state index in [1.807, 2.05) is 0 Å². The molecule has 2 fully saturated rings. The second kappa shape index (κ2) is 5.29. The summed E-state index contributed by atoms with van der Waals surface area (Å²) in [5, 5.41) is 11.9. The fourth-order valence-corrected chi connectivity index (χ4v) is 3.18. The maximum Gasteiger partial charge on any atom is 0.307 e. The predicted octanol–water partition coefficient (Wildman–Crippen LogP) is 2.04. The highest BCUT2D eigenvalue weighted by molar-refractivity contribution is 5.89. The largest absolute Gasteiger partial charge is 0.481 e. The van der Waals surface area contributed by atoms with Crippen LogP contribution in [0.15, 0.2) is 0 Å². The molecule has 0 aromatic rings. The maximum absolute atomic E-state index is 12.0. The van der Waals surface area contributed by atoms with Crippen molar-refractivity contribution in [2.24, 2.45) is 23.7 Å². The van der Waals surface area contributed by atoms with Gasteiger partial charge in [-0.25, -0.2) is 0 Å². The number of rotatable bonds is 4. The molecule has 4 heteroatoms. The molecule has 18 heavy (non-hydrogen) atoms. The molecule has 0 heterocycles. The molecule has 0 aliphatic heterocycles. The predicted molar refractivity (Wildman–Crippen MR) is 68.0 cm³/mol. The first-order chi connectivity index (χ1) is 8.50. The third-order valence-electron chi connectivity index (χ3n) is 4.45. The van der Waals surface area contributed by atoms with E-state index in [-0.39, 0.29) is 17.9 Å². The van der Waals surface area contributed by atoms with E-state index in [0.717, 1.165) is 6.42 Å². The van der Waals surface area contributed by atoms with Crippen molar-refractivity contribution in [3.8, 4) is 0 Å². The summed E-state index contributed by atoms with van der Waals surface area (Å²) in [5.74, 6) is -0.475. The topological polar surface area (TPSA) is 66.4 Å². The number of nitrogens with one attached hydrogen (secondary N) is 1. The van der Waals surface area contributed by atoms with Crippen LogP contribution in [0.4, 0.5) is 0 Å². The third kappa shape index (κ3) is 2.85. The summed E-state index contributed by atoms with van der Waals surface area (Å²) in [5.41, 5.74) is 0. The smallest absolute Gasteiger partial charge is 0.307 e. The van der Waals surface area contributed by atoms with Crippen molar-refractivity contribution >= 4 is 11.9 Å². The van der Waals surface area contributed by atoms with E-state index in [4.69, 9.17) is 5.11 Å². The Labute approximate surface area is 108 Å². The molecule has 0 radical (unpaired) electrons. The highest BCUT2D eigenvalue weighted by Gasteiger charge is 2.49. The Morgan fingerprint density at radius 2 is 1.83 bits per heavy atom. The molecule has 0 spiro atoms. The minimum absolute atomic E-state index is 0.0417. The van der Waals surface area contributed by atoms with E-state index in [0.29, 0.717) is 18.3 Å². The average molecular weight is 253 g/mol. The zero-order valence-electron chi connectivity index (χ0n) is 11.2. The summed E-state index contributed by atoms with van der Waals surface area (Å²) >= 11 is 0. The van der Waals surface area contributed by atoms with E-state index < -0.39 is 11.9 Å². The van der Waals surface area contributed by atoms with Crippen LogP contribution in [-0.2, 0) is 9.59 Å². The molecule has 2 saturated carbocycles. The molecule has 102 valence electrons. The van der Waals surface area contributed by atoms with E-state index in [1.165, 1.54) is 19.3 Å². The summed E-state index contributed by atoms with van der Waals surface area (Å²) in [6.07, 6.45) is 5.15. The highest BCUT2D eigenvalue weighted by Crippen LogP contribution is 2.39. The molecular weight excluding hydrogens is 230 g/mol. The first-order valence-corrected chi connectivity index (χ1v) is 7.04. The van der Waals surface area contributed by atoms with Crippen molar-refractivity contribution in [2.75, 3.05) is 0 Å². The van der Waals surface area contributed by atoms with Crippen LogP contribution in [0.1, 0.15) is 46.0 Å². The van der Waals surface area contributed by atoms with Gasteiger partial charge < -0.3 is 10.4 Å². The van der Waals surface area contributed by atoms with Crippen molar-refractivity contribution in [3.63, 3.8) is 0 Å². The van der Waals surface area contributed by atoms with Gasteiger partial charge in [-0.05, 0) is 31.1 Å². The van der Waals surface area contributed by atoms with Crippen molar-refractivity contribution in [1.29, 1.82) is 0 Å². The summed E-state index contributed by atoms with van der Waals surface area (Å²) in [6, 6.07) is 0.251. The highest BCUT2D eigenvalue weighted by atomic mass is 16.4. The number of hydrogen-bond acceptors (Lipinski definition) is 2. The SMILES string of the molecule is CC(C)C1CCCCC1NC(=O)[C@@H]1C[C@@H]1C(=O)O. The lowest BCUT2D eigenvalue weighted by Gasteiger charge is -2.35. The Hall–Kier alpha value is -1.06. The molecule has 2 rings (SSSR count). The average Bonchev–Trinajstić information content (AvgIpc) is 3.09. The monoisotopic (exact) mass is 253 g/mol. The Balaban J connectivity index is 1.88. The Morgan fingerprint density at radius 3 is 2.39 bits per heavy atom. The molecule has 1 amide bonds. The van der Waals surface area contributed by atoms with Gasteiger partial charge in [-0.2, -0.15) is 0 Å². The number of amides is 1. The molecule has 0 aromatic heterocycles. The van der Waals surface area contributed by atoms with Gasteiger partial charge in [0.05, 0.1) is 11.8 Å². The second-order valence-electron chi connectivity index (χ2n) is 6.09. The number of carbonyl (C=O) groups excluding carboxylic acids is 1. The second-order valence-corrected chi connectivity index (χ2v) is 6.09. The molecular formula is C14H23NO3. The maximum atomic E-state index is 12.0. The lowest BCUT2D eigenvalue weighted by Crippen LogP contribution is -2.44. The normalized spacial score (nSPS) is 35.3. The van der Waals surface area contributed by atoms with Gasteiger partial charge in [0.25, 0.3) is 0 Å².